The summed E-state index contributed by atoms with van der Waals surface area (Å²) in [5, 5.41) is 6.18. The quantitative estimate of drug-likeness (QED) is 0.274. The second-order valence-corrected chi connectivity index (χ2v) is 10.1. The summed E-state index contributed by atoms with van der Waals surface area (Å²) in [6.07, 6.45) is -0.581. The fraction of sp³-hybridized carbons (Fsp3) is 0.483. The maximum absolute atomic E-state index is 12.7. The summed E-state index contributed by atoms with van der Waals surface area (Å²) in [5.74, 6) is -0.325. The smallest absolute Gasteiger partial charge is 0.388 e. The molecule has 2 N–H and O–H groups in total. The van der Waals surface area contributed by atoms with E-state index in [1.54, 1.807) is 30.5 Å². The number of carbonyl (C=O) groups excluding carboxylic acids is 2. The Kier molecular flexibility index (Phi) is 13.0. The number of aliphatic imine (C=N–C) groups is 1. The maximum atomic E-state index is 12.7. The van der Waals surface area contributed by atoms with Gasteiger partial charge < -0.3 is 10.6 Å². The van der Waals surface area contributed by atoms with Crippen molar-refractivity contribution < 1.29 is 22.8 Å². The van der Waals surface area contributed by atoms with Crippen LogP contribution in [0.1, 0.15) is 81.8 Å². The highest BCUT2D eigenvalue weighted by atomic mass is 35.5. The van der Waals surface area contributed by atoms with E-state index in [9.17, 15) is 22.8 Å². The molecule has 1 fully saturated rings. The zero-order valence-electron chi connectivity index (χ0n) is 23.0. The lowest BCUT2D eigenvalue weighted by molar-refractivity contribution is -0.138. The minimum Gasteiger partial charge on any atom is -0.388 e. The van der Waals surface area contributed by atoms with Gasteiger partial charge in [-0.2, -0.15) is 13.2 Å². The van der Waals surface area contributed by atoms with E-state index in [1.165, 1.54) is 0 Å². The number of hydrogen-bond donors (Lipinski definition) is 2. The molecule has 1 amide bonds. The third kappa shape index (κ3) is 10.5. The first-order valence-corrected chi connectivity index (χ1v) is 13.1. The fourth-order valence-electron chi connectivity index (χ4n) is 3.70. The Morgan fingerprint density at radius 2 is 1.76 bits per heavy atom. The van der Waals surface area contributed by atoms with Gasteiger partial charge >= 0.3 is 6.18 Å². The summed E-state index contributed by atoms with van der Waals surface area (Å²) < 4.78 is 37.1. The molecule has 38 heavy (non-hydrogen) atoms. The summed E-state index contributed by atoms with van der Waals surface area (Å²) in [6, 6.07) is 12.5. The van der Waals surface area contributed by atoms with E-state index in [1.807, 2.05) is 59.9 Å². The van der Waals surface area contributed by atoms with Gasteiger partial charge in [0, 0.05) is 41.6 Å². The minimum absolute atomic E-state index is 0.232. The number of halogens is 4. The summed E-state index contributed by atoms with van der Waals surface area (Å²) in [7, 11) is 1.81. The lowest BCUT2D eigenvalue weighted by Gasteiger charge is -2.41. The molecule has 2 aromatic rings. The predicted octanol–water partition coefficient (Wildman–Crippen LogP) is 7.61. The summed E-state index contributed by atoms with van der Waals surface area (Å²) in [5.41, 5.74) is 2.21. The molecule has 3 rings (SSSR count). The lowest BCUT2D eigenvalue weighted by atomic mass is 9.63. The molecule has 0 saturated heterocycles. The van der Waals surface area contributed by atoms with Gasteiger partial charge in [0.25, 0.3) is 0 Å². The normalized spacial score (nSPS) is 14.3. The minimum atomic E-state index is -4.27. The highest BCUT2D eigenvalue weighted by Crippen LogP contribution is 2.44. The van der Waals surface area contributed by atoms with Crippen molar-refractivity contribution in [1.82, 2.24) is 5.32 Å². The van der Waals surface area contributed by atoms with Gasteiger partial charge in [-0.15, -0.1) is 0 Å². The van der Waals surface area contributed by atoms with E-state index in [2.05, 4.69) is 15.6 Å². The number of alkyl halides is 3. The van der Waals surface area contributed by atoms with Crippen LogP contribution in [0.15, 0.2) is 47.5 Å². The third-order valence-electron chi connectivity index (χ3n) is 5.78. The number of rotatable bonds is 7. The highest BCUT2D eigenvalue weighted by molar-refractivity contribution is 6.30. The zero-order chi connectivity index (χ0) is 29.0. The van der Waals surface area contributed by atoms with Gasteiger partial charge in [0.15, 0.2) is 0 Å². The van der Waals surface area contributed by atoms with E-state index >= 15 is 0 Å². The van der Waals surface area contributed by atoms with Crippen molar-refractivity contribution in [3.05, 3.63) is 64.2 Å². The van der Waals surface area contributed by atoms with E-state index in [0.29, 0.717) is 23.4 Å². The Hall–Kier alpha value is -2.87. The van der Waals surface area contributed by atoms with Crippen LogP contribution in [0.25, 0.3) is 0 Å². The van der Waals surface area contributed by atoms with Gasteiger partial charge in [0.1, 0.15) is 6.29 Å². The van der Waals surface area contributed by atoms with Gasteiger partial charge in [0.05, 0.1) is 17.4 Å². The van der Waals surface area contributed by atoms with Crippen LogP contribution in [0.2, 0.25) is 5.02 Å². The zero-order valence-corrected chi connectivity index (χ0v) is 23.8. The molecule has 0 atom stereocenters. The monoisotopic (exact) mass is 553 g/mol. The van der Waals surface area contributed by atoms with E-state index < -0.39 is 24.6 Å². The van der Waals surface area contributed by atoms with Crippen LogP contribution >= 0.6 is 11.6 Å². The fourth-order valence-corrected chi connectivity index (χ4v) is 3.90. The van der Waals surface area contributed by atoms with E-state index in [-0.39, 0.29) is 11.4 Å². The molecule has 2 aromatic carbocycles. The summed E-state index contributed by atoms with van der Waals surface area (Å²) in [4.78, 5) is 27.3. The summed E-state index contributed by atoms with van der Waals surface area (Å²) >= 11 is 5.56. The molecule has 0 aromatic heterocycles. The van der Waals surface area contributed by atoms with Gasteiger partial charge in [-0.3, -0.25) is 14.6 Å². The second kappa shape index (κ2) is 14.9. The van der Waals surface area contributed by atoms with E-state index in [0.717, 1.165) is 29.5 Å². The predicted molar refractivity (Wildman–Crippen MR) is 151 cm³/mol. The molecule has 210 valence electrons. The van der Waals surface area contributed by atoms with Crippen LogP contribution in [0.4, 0.5) is 18.9 Å². The molecule has 0 spiro atoms. The van der Waals surface area contributed by atoms with E-state index in [4.69, 9.17) is 11.6 Å². The number of anilines is 1. The van der Waals surface area contributed by atoms with Gasteiger partial charge in [0.2, 0.25) is 5.91 Å². The first kappa shape index (κ1) is 33.2. The van der Waals surface area contributed by atoms with Crippen LogP contribution in [-0.4, -0.2) is 43.7 Å². The average molecular weight is 554 g/mol. The van der Waals surface area contributed by atoms with Crippen LogP contribution in [-0.2, 0) is 10.2 Å². The number of benzene rings is 2. The molecule has 0 bridgehead atoms. The SMILES string of the molecule is CC.CNc1ccc(C2(C(=O)NCCC(F)(F)F)CCC2)cc1C=NC(C)(C)C.O=Cc1cccc(Cl)c1. The van der Waals surface area contributed by atoms with Crippen LogP contribution in [0, 0.1) is 0 Å². The first-order chi connectivity index (χ1) is 17.8. The first-order valence-electron chi connectivity index (χ1n) is 12.7. The van der Waals surface area contributed by atoms with Gasteiger partial charge in [-0.05, 0) is 63.4 Å². The molecule has 1 aliphatic rings. The standard InChI is InChI=1S/C20H28F3N3O.C7H5ClO.C2H6/c1-18(2,3)26-13-14-12-15(6-7-16(14)24-4)19(8-5-9-19)17(27)25-11-10-20(21,22)23;8-7-3-1-2-6(4-7)5-9;1-2/h6-7,12-13,24H,5,8-11H2,1-4H3,(H,25,27);1-5H;1-2H3. The molecule has 1 saturated carbocycles. The molecule has 9 heteroatoms. The Balaban J connectivity index is 0.000000548. The van der Waals surface area contributed by atoms with Crippen molar-refractivity contribution in [2.75, 3.05) is 18.9 Å². The van der Waals surface area contributed by atoms with Crippen LogP contribution < -0.4 is 10.6 Å². The number of amides is 1. The maximum Gasteiger partial charge on any atom is 0.390 e. The average Bonchev–Trinajstić information content (AvgIpc) is 2.82. The lowest BCUT2D eigenvalue weighted by Crippen LogP contribution is -2.49. The van der Waals surface area contributed by atoms with Crippen LogP contribution in [0.3, 0.4) is 0 Å². The van der Waals surface area contributed by atoms with Crippen molar-refractivity contribution in [3.8, 4) is 0 Å². The second-order valence-electron chi connectivity index (χ2n) is 9.71. The highest BCUT2D eigenvalue weighted by Gasteiger charge is 2.45. The third-order valence-corrected chi connectivity index (χ3v) is 6.02. The summed E-state index contributed by atoms with van der Waals surface area (Å²) in [6.45, 7) is 9.59. The van der Waals surface area contributed by atoms with Crippen molar-refractivity contribution in [2.24, 2.45) is 4.99 Å². The number of aldehydes is 1. The number of nitrogens with one attached hydrogen (secondary N) is 2. The molecule has 0 unspecified atom stereocenters. The van der Waals surface area contributed by atoms with Gasteiger partial charge in [-0.25, -0.2) is 0 Å². The molecule has 1 aliphatic carbocycles. The van der Waals surface area contributed by atoms with Crippen molar-refractivity contribution in [3.63, 3.8) is 0 Å². The Morgan fingerprint density at radius 1 is 1.11 bits per heavy atom. The molecule has 0 radical (unpaired) electrons. The Bertz CT molecular complexity index is 1080. The van der Waals surface area contributed by atoms with Crippen molar-refractivity contribution in [1.29, 1.82) is 0 Å². The number of nitrogens with zero attached hydrogens (tertiary/aromatic N) is 1. The Morgan fingerprint density at radius 3 is 2.21 bits per heavy atom. The molecule has 0 heterocycles. The van der Waals surface area contributed by atoms with Gasteiger partial charge in [-0.1, -0.05) is 50.1 Å². The topological polar surface area (TPSA) is 70.6 Å². The molecule has 5 nitrogen and oxygen atoms in total. The largest absolute Gasteiger partial charge is 0.390 e. The number of hydrogen-bond acceptors (Lipinski definition) is 4. The van der Waals surface area contributed by atoms with Crippen molar-refractivity contribution in [2.45, 2.75) is 77.4 Å². The molecule has 0 aliphatic heterocycles. The number of carbonyl (C=O) groups is 2. The molecular weight excluding hydrogens is 515 g/mol. The van der Waals surface area contributed by atoms with Crippen LogP contribution in [0.5, 0.6) is 0 Å². The molecular formula is C29H39ClF3N3O2. The van der Waals surface area contributed by atoms with Crippen molar-refractivity contribution >= 4 is 35.7 Å². The Labute approximate surface area is 229 Å².